The normalized spacial score (nSPS) is 11.9. The molecule has 0 amide bonds. The maximum Gasteiger partial charge on any atom is 0.336 e. The molecule has 28 heavy (non-hydrogen) atoms. The lowest BCUT2D eigenvalue weighted by atomic mass is 9.96. The van der Waals surface area contributed by atoms with Crippen LogP contribution in [-0.2, 0) is 25.6 Å². The Balaban J connectivity index is 0.000000528. The quantitative estimate of drug-likeness (QED) is 0.416. The van der Waals surface area contributed by atoms with Crippen molar-refractivity contribution in [2.75, 3.05) is 0 Å². The zero-order valence-electron chi connectivity index (χ0n) is 16.0. The molecule has 0 unspecified atom stereocenters. The molecule has 1 aromatic rings. The van der Waals surface area contributed by atoms with Crippen LogP contribution in [0.5, 0.6) is 0 Å². The third-order valence-electron chi connectivity index (χ3n) is 3.78. The summed E-state index contributed by atoms with van der Waals surface area (Å²) in [5, 5.41) is 42.7. The third-order valence-corrected chi connectivity index (χ3v) is 3.78. The fourth-order valence-electron chi connectivity index (χ4n) is 2.27. The van der Waals surface area contributed by atoms with Crippen molar-refractivity contribution in [2.24, 2.45) is 5.92 Å². The van der Waals surface area contributed by atoms with E-state index in [9.17, 15) is 19.2 Å². The maximum atomic E-state index is 10.8. The molecule has 0 aliphatic rings. The topological polar surface area (TPSA) is 169 Å². The molecule has 0 radical (unpaired) electrons. The van der Waals surface area contributed by atoms with Crippen LogP contribution in [0, 0.1) is 5.92 Å². The Kier molecular flexibility index (Phi) is 9.87. The molecule has 0 saturated heterocycles. The number of rotatable bonds is 9. The Morgan fingerprint density at radius 2 is 1.29 bits per heavy atom. The van der Waals surface area contributed by atoms with E-state index in [0.717, 1.165) is 12.0 Å². The lowest BCUT2D eigenvalue weighted by molar-refractivity contribution is -0.170. The van der Waals surface area contributed by atoms with E-state index in [1.807, 2.05) is 24.3 Å². The molecule has 9 nitrogen and oxygen atoms in total. The number of carboxylic acids is 4. The number of aliphatic hydroxyl groups is 1. The van der Waals surface area contributed by atoms with Gasteiger partial charge in [0.15, 0.2) is 5.60 Å². The van der Waals surface area contributed by atoms with Gasteiger partial charge in [-0.25, -0.2) is 4.79 Å². The van der Waals surface area contributed by atoms with Gasteiger partial charge in [-0.3, -0.25) is 14.4 Å². The highest BCUT2D eigenvalue weighted by molar-refractivity contribution is 5.88. The average molecular weight is 398 g/mol. The van der Waals surface area contributed by atoms with Gasteiger partial charge in [-0.1, -0.05) is 38.1 Å². The van der Waals surface area contributed by atoms with E-state index in [4.69, 9.17) is 25.5 Å². The van der Waals surface area contributed by atoms with Gasteiger partial charge >= 0.3 is 23.9 Å². The van der Waals surface area contributed by atoms with Crippen molar-refractivity contribution < 1.29 is 44.7 Å². The van der Waals surface area contributed by atoms with Gasteiger partial charge in [0, 0.05) is 0 Å². The molecule has 1 rings (SSSR count). The van der Waals surface area contributed by atoms with E-state index in [0.29, 0.717) is 5.92 Å². The Hall–Kier alpha value is -2.94. The summed E-state index contributed by atoms with van der Waals surface area (Å²) in [6, 6.07) is 7.87. The molecule has 0 saturated carbocycles. The Morgan fingerprint density at radius 3 is 1.57 bits per heavy atom. The SMILES string of the molecule is CC(C)Cc1ccc([C@H](C)C(=O)O)cc1.O=C(O)CC(O)(CC(=O)O)C(=O)O. The zero-order valence-corrected chi connectivity index (χ0v) is 16.0. The molecule has 0 aliphatic heterocycles. The molecule has 0 fully saturated rings. The van der Waals surface area contributed by atoms with Gasteiger partial charge in [-0.2, -0.15) is 0 Å². The molecule has 156 valence electrons. The molecule has 0 bridgehead atoms. The van der Waals surface area contributed by atoms with Crippen LogP contribution in [0.25, 0.3) is 0 Å². The van der Waals surface area contributed by atoms with Gasteiger partial charge in [-0.15, -0.1) is 0 Å². The monoisotopic (exact) mass is 398 g/mol. The van der Waals surface area contributed by atoms with Gasteiger partial charge < -0.3 is 25.5 Å². The lowest BCUT2D eigenvalue weighted by Gasteiger charge is -2.18. The lowest BCUT2D eigenvalue weighted by Crippen LogP contribution is -2.42. The molecule has 0 heterocycles. The van der Waals surface area contributed by atoms with Crippen molar-refractivity contribution in [3.8, 4) is 0 Å². The first kappa shape index (κ1) is 25.1. The third kappa shape index (κ3) is 9.13. The van der Waals surface area contributed by atoms with E-state index >= 15 is 0 Å². The Bertz CT molecular complexity index is 676. The number of hydrogen-bond donors (Lipinski definition) is 5. The van der Waals surface area contributed by atoms with Crippen molar-refractivity contribution in [2.45, 2.75) is 51.6 Å². The molecule has 0 spiro atoms. The van der Waals surface area contributed by atoms with Crippen LogP contribution in [0.2, 0.25) is 0 Å². The average Bonchev–Trinajstić information content (AvgIpc) is 2.53. The molecule has 9 heteroatoms. The molecule has 1 atom stereocenters. The second kappa shape index (κ2) is 11.0. The van der Waals surface area contributed by atoms with Gasteiger partial charge in [0.2, 0.25) is 0 Å². The second-order valence-electron chi connectivity index (χ2n) is 6.88. The standard InChI is InChI=1S/C13H18O2.C6H8O7/c1-9(2)8-11-4-6-12(7-5-11)10(3)13(14)15;7-3(8)1-6(13,5(11)12)2-4(9)10/h4-7,9-10H,8H2,1-3H3,(H,14,15);13H,1-2H2,(H,7,8)(H,9,10)(H,11,12)/t10-;/m0./s1. The van der Waals surface area contributed by atoms with Crippen molar-refractivity contribution >= 4 is 23.9 Å². The summed E-state index contributed by atoms with van der Waals surface area (Å²) < 4.78 is 0. The van der Waals surface area contributed by atoms with E-state index < -0.39 is 48.2 Å². The summed E-state index contributed by atoms with van der Waals surface area (Å²) in [6.45, 7) is 6.06. The second-order valence-corrected chi connectivity index (χ2v) is 6.88. The van der Waals surface area contributed by atoms with Crippen molar-refractivity contribution in [3.05, 3.63) is 35.4 Å². The van der Waals surface area contributed by atoms with Gasteiger partial charge in [-0.05, 0) is 30.4 Å². The van der Waals surface area contributed by atoms with E-state index in [1.54, 1.807) is 6.92 Å². The number of carboxylic acid groups (broad SMARTS) is 4. The van der Waals surface area contributed by atoms with Crippen molar-refractivity contribution in [3.63, 3.8) is 0 Å². The summed E-state index contributed by atoms with van der Waals surface area (Å²) in [4.78, 5) is 41.2. The summed E-state index contributed by atoms with van der Waals surface area (Å²) in [5.74, 6) is -5.58. The number of hydrogen-bond acceptors (Lipinski definition) is 5. The number of carbonyl (C=O) groups is 4. The Labute approximate surface area is 162 Å². The smallest absolute Gasteiger partial charge is 0.336 e. The van der Waals surface area contributed by atoms with E-state index in [1.165, 1.54) is 5.56 Å². The molecule has 0 aromatic heterocycles. The van der Waals surface area contributed by atoms with Crippen LogP contribution in [0.4, 0.5) is 0 Å². The first-order chi connectivity index (χ1) is 12.8. The first-order valence-electron chi connectivity index (χ1n) is 8.49. The first-order valence-corrected chi connectivity index (χ1v) is 8.49. The minimum Gasteiger partial charge on any atom is -0.481 e. The van der Waals surface area contributed by atoms with Crippen LogP contribution in [0.1, 0.15) is 50.7 Å². The predicted octanol–water partition coefficient (Wildman–Crippen LogP) is 1.82. The van der Waals surface area contributed by atoms with Crippen LogP contribution in [-0.4, -0.2) is 55.0 Å². The fourth-order valence-corrected chi connectivity index (χ4v) is 2.27. The summed E-state index contributed by atoms with van der Waals surface area (Å²) >= 11 is 0. The highest BCUT2D eigenvalue weighted by Gasteiger charge is 2.40. The van der Waals surface area contributed by atoms with E-state index in [-0.39, 0.29) is 0 Å². The van der Waals surface area contributed by atoms with Gasteiger partial charge in [0.05, 0.1) is 18.8 Å². The molecule has 1 aromatic carbocycles. The molecular weight excluding hydrogens is 372 g/mol. The summed E-state index contributed by atoms with van der Waals surface area (Å²) in [6.07, 6.45) is -1.25. The van der Waals surface area contributed by atoms with E-state index in [2.05, 4.69) is 13.8 Å². The van der Waals surface area contributed by atoms with Gasteiger partial charge in [0.25, 0.3) is 0 Å². The molecular formula is C19H26O9. The van der Waals surface area contributed by atoms with Crippen molar-refractivity contribution in [1.29, 1.82) is 0 Å². The maximum absolute atomic E-state index is 10.8. The minimum absolute atomic E-state index is 0.418. The highest BCUT2D eigenvalue weighted by Crippen LogP contribution is 2.17. The molecule has 0 aliphatic carbocycles. The van der Waals surface area contributed by atoms with Gasteiger partial charge in [0.1, 0.15) is 0 Å². The predicted molar refractivity (Wildman–Crippen MR) is 98.1 cm³/mol. The molecule has 5 N–H and O–H groups in total. The minimum atomic E-state index is -2.74. The fraction of sp³-hybridized carbons (Fsp3) is 0.474. The highest BCUT2D eigenvalue weighted by atomic mass is 16.4. The van der Waals surface area contributed by atoms with Crippen LogP contribution >= 0.6 is 0 Å². The number of aliphatic carboxylic acids is 4. The number of benzene rings is 1. The zero-order chi connectivity index (χ0) is 22.1. The van der Waals surface area contributed by atoms with Crippen LogP contribution < -0.4 is 0 Å². The Morgan fingerprint density at radius 1 is 0.857 bits per heavy atom. The van der Waals surface area contributed by atoms with Crippen LogP contribution in [0.15, 0.2) is 24.3 Å². The van der Waals surface area contributed by atoms with Crippen LogP contribution in [0.3, 0.4) is 0 Å². The summed E-state index contributed by atoms with van der Waals surface area (Å²) in [5.41, 5.74) is -0.598. The summed E-state index contributed by atoms with van der Waals surface area (Å²) in [7, 11) is 0. The van der Waals surface area contributed by atoms with Crippen molar-refractivity contribution in [1.82, 2.24) is 0 Å². The largest absolute Gasteiger partial charge is 0.481 e.